The minimum absolute atomic E-state index is 0.0821. The third kappa shape index (κ3) is 2.98. The molecule has 0 bridgehead atoms. The van der Waals surface area contributed by atoms with Crippen LogP contribution in [0.4, 0.5) is 5.69 Å². The molecule has 0 fully saturated rings. The zero-order valence-electron chi connectivity index (χ0n) is 10.4. The van der Waals surface area contributed by atoms with Gasteiger partial charge in [0.25, 0.3) is 0 Å². The van der Waals surface area contributed by atoms with Gasteiger partial charge in [0.2, 0.25) is 0 Å². The zero-order valence-corrected chi connectivity index (χ0v) is 11.2. The average molecular weight is 275 g/mol. The van der Waals surface area contributed by atoms with E-state index in [1.807, 2.05) is 53.6 Å². The standard InChI is InChI=1S/C15H15ClN2O/c16-14(11-17)13-6-1-2-7-15(13)18-9-4-3-5-12(18)8-10-19/h1-7,9,12,14,19H,8,10H2. The van der Waals surface area contributed by atoms with E-state index in [9.17, 15) is 0 Å². The van der Waals surface area contributed by atoms with Crippen LogP contribution in [0.25, 0.3) is 0 Å². The van der Waals surface area contributed by atoms with Crippen molar-refractivity contribution in [1.29, 1.82) is 5.26 Å². The molecular weight excluding hydrogens is 260 g/mol. The van der Waals surface area contributed by atoms with Crippen molar-refractivity contribution in [3.8, 4) is 6.07 Å². The summed E-state index contributed by atoms with van der Waals surface area (Å²) in [6, 6.07) is 9.73. The van der Waals surface area contributed by atoms with Crippen LogP contribution in [0, 0.1) is 11.3 Å². The normalized spacial score (nSPS) is 19.2. The fourth-order valence-electron chi connectivity index (χ4n) is 2.17. The highest BCUT2D eigenvalue weighted by Crippen LogP contribution is 2.32. The van der Waals surface area contributed by atoms with Gasteiger partial charge in [-0.2, -0.15) is 5.26 Å². The number of nitrogens with zero attached hydrogens (tertiary/aromatic N) is 2. The maximum Gasteiger partial charge on any atom is 0.147 e. The molecule has 0 aromatic heterocycles. The van der Waals surface area contributed by atoms with E-state index in [1.54, 1.807) is 0 Å². The average Bonchev–Trinajstić information content (AvgIpc) is 2.47. The van der Waals surface area contributed by atoms with Crippen molar-refractivity contribution >= 4 is 17.3 Å². The summed E-state index contributed by atoms with van der Waals surface area (Å²) in [5.41, 5.74) is 1.69. The Morgan fingerprint density at radius 1 is 1.37 bits per heavy atom. The monoisotopic (exact) mass is 274 g/mol. The van der Waals surface area contributed by atoms with Gasteiger partial charge in [0, 0.05) is 24.1 Å². The lowest BCUT2D eigenvalue weighted by atomic mass is 10.0. The maximum atomic E-state index is 9.14. The highest BCUT2D eigenvalue weighted by Gasteiger charge is 2.21. The van der Waals surface area contributed by atoms with E-state index in [4.69, 9.17) is 22.0 Å². The number of aliphatic hydroxyl groups is 1. The van der Waals surface area contributed by atoms with Crippen LogP contribution in [0.3, 0.4) is 0 Å². The zero-order chi connectivity index (χ0) is 13.7. The third-order valence-corrected chi connectivity index (χ3v) is 3.41. The van der Waals surface area contributed by atoms with Crippen molar-refractivity contribution in [3.05, 3.63) is 54.3 Å². The smallest absolute Gasteiger partial charge is 0.147 e. The van der Waals surface area contributed by atoms with E-state index in [1.165, 1.54) is 0 Å². The Kier molecular flexibility index (Phi) is 4.62. The maximum absolute atomic E-state index is 9.14. The second kappa shape index (κ2) is 6.42. The molecule has 2 unspecified atom stereocenters. The van der Waals surface area contributed by atoms with E-state index in [0.717, 1.165) is 11.3 Å². The van der Waals surface area contributed by atoms with Crippen LogP contribution in [0.1, 0.15) is 17.4 Å². The van der Waals surface area contributed by atoms with E-state index >= 15 is 0 Å². The first-order chi connectivity index (χ1) is 9.27. The van der Waals surface area contributed by atoms with Gasteiger partial charge in [-0.3, -0.25) is 0 Å². The summed E-state index contributed by atoms with van der Waals surface area (Å²) in [6.07, 6.45) is 8.50. The number of allylic oxidation sites excluding steroid dienone is 2. The number of nitriles is 1. The molecule has 0 saturated heterocycles. The Bertz CT molecular complexity index is 533. The number of rotatable bonds is 4. The minimum Gasteiger partial charge on any atom is -0.396 e. The van der Waals surface area contributed by atoms with Gasteiger partial charge in [-0.05, 0) is 18.6 Å². The molecule has 19 heavy (non-hydrogen) atoms. The van der Waals surface area contributed by atoms with E-state index < -0.39 is 5.38 Å². The molecule has 0 saturated carbocycles. The summed E-state index contributed by atoms with van der Waals surface area (Å²) in [5.74, 6) is 0. The molecule has 3 nitrogen and oxygen atoms in total. The minimum atomic E-state index is -0.676. The topological polar surface area (TPSA) is 47.3 Å². The van der Waals surface area contributed by atoms with Gasteiger partial charge in [0.15, 0.2) is 0 Å². The SMILES string of the molecule is N#CC(Cl)c1ccccc1N1C=CC=CC1CCO. The van der Waals surface area contributed by atoms with Crippen LogP contribution >= 0.6 is 11.6 Å². The van der Waals surface area contributed by atoms with Crippen LogP contribution in [0.5, 0.6) is 0 Å². The number of halogens is 1. The first kappa shape index (κ1) is 13.7. The predicted octanol–water partition coefficient (Wildman–Crippen LogP) is 3.13. The molecule has 0 aliphatic carbocycles. The molecule has 98 valence electrons. The summed E-state index contributed by atoms with van der Waals surface area (Å²) in [7, 11) is 0. The van der Waals surface area contributed by atoms with Gasteiger partial charge < -0.3 is 10.0 Å². The number of hydrogen-bond donors (Lipinski definition) is 1. The Morgan fingerprint density at radius 3 is 2.89 bits per heavy atom. The Balaban J connectivity index is 2.38. The van der Waals surface area contributed by atoms with Crippen molar-refractivity contribution in [2.45, 2.75) is 17.8 Å². The van der Waals surface area contributed by atoms with Crippen LogP contribution in [0.15, 0.2) is 48.7 Å². The molecule has 0 amide bonds. The molecule has 1 aromatic carbocycles. The van der Waals surface area contributed by atoms with E-state index in [-0.39, 0.29) is 12.6 Å². The number of hydrogen-bond acceptors (Lipinski definition) is 3. The lowest BCUT2D eigenvalue weighted by Gasteiger charge is -2.32. The van der Waals surface area contributed by atoms with Crippen molar-refractivity contribution in [2.75, 3.05) is 11.5 Å². The Hall–Kier alpha value is -1.76. The summed E-state index contributed by atoms with van der Waals surface area (Å²) < 4.78 is 0. The number of anilines is 1. The molecule has 1 aromatic rings. The number of para-hydroxylation sites is 1. The van der Waals surface area contributed by atoms with Crippen molar-refractivity contribution < 1.29 is 5.11 Å². The summed E-state index contributed by atoms with van der Waals surface area (Å²) in [6.45, 7) is 0.115. The van der Waals surface area contributed by atoms with E-state index in [0.29, 0.717) is 6.42 Å². The molecule has 1 aliphatic rings. The van der Waals surface area contributed by atoms with Crippen LogP contribution < -0.4 is 4.90 Å². The third-order valence-electron chi connectivity index (χ3n) is 3.07. The molecule has 2 atom stereocenters. The number of alkyl halides is 1. The van der Waals surface area contributed by atoms with Crippen LogP contribution in [-0.4, -0.2) is 17.8 Å². The quantitative estimate of drug-likeness (QED) is 0.858. The second-order valence-electron chi connectivity index (χ2n) is 4.26. The van der Waals surface area contributed by atoms with Crippen LogP contribution in [-0.2, 0) is 0 Å². The van der Waals surface area contributed by atoms with Crippen molar-refractivity contribution in [2.24, 2.45) is 0 Å². The summed E-state index contributed by atoms with van der Waals surface area (Å²) in [4.78, 5) is 2.04. The lowest BCUT2D eigenvalue weighted by molar-refractivity contribution is 0.282. The van der Waals surface area contributed by atoms with Gasteiger partial charge in [-0.15, -0.1) is 11.6 Å². The van der Waals surface area contributed by atoms with Crippen molar-refractivity contribution in [1.82, 2.24) is 0 Å². The van der Waals surface area contributed by atoms with Gasteiger partial charge in [-0.1, -0.05) is 30.4 Å². The van der Waals surface area contributed by atoms with Gasteiger partial charge in [0.1, 0.15) is 5.38 Å². The first-order valence-corrected chi connectivity index (χ1v) is 6.58. The van der Waals surface area contributed by atoms with Crippen LogP contribution in [0.2, 0.25) is 0 Å². The molecule has 0 radical (unpaired) electrons. The summed E-state index contributed by atoms with van der Waals surface area (Å²) >= 11 is 6.06. The Morgan fingerprint density at radius 2 is 2.16 bits per heavy atom. The number of aliphatic hydroxyl groups excluding tert-OH is 1. The second-order valence-corrected chi connectivity index (χ2v) is 4.70. The van der Waals surface area contributed by atoms with Gasteiger partial charge in [-0.25, -0.2) is 0 Å². The van der Waals surface area contributed by atoms with E-state index in [2.05, 4.69) is 6.07 Å². The number of benzene rings is 1. The first-order valence-electron chi connectivity index (χ1n) is 6.14. The highest BCUT2D eigenvalue weighted by molar-refractivity contribution is 6.22. The largest absolute Gasteiger partial charge is 0.396 e. The highest BCUT2D eigenvalue weighted by atomic mass is 35.5. The molecule has 0 spiro atoms. The summed E-state index contributed by atoms with van der Waals surface area (Å²) in [5, 5.41) is 17.5. The molecule has 2 rings (SSSR count). The lowest BCUT2D eigenvalue weighted by Crippen LogP contribution is -2.32. The molecule has 1 heterocycles. The fraction of sp³-hybridized carbons (Fsp3) is 0.267. The fourth-order valence-corrected chi connectivity index (χ4v) is 2.36. The van der Waals surface area contributed by atoms with Crippen molar-refractivity contribution in [3.63, 3.8) is 0 Å². The Labute approximate surface area is 118 Å². The van der Waals surface area contributed by atoms with Gasteiger partial charge >= 0.3 is 0 Å². The molecule has 1 aliphatic heterocycles. The molecular formula is C15H15ClN2O. The molecule has 4 heteroatoms. The molecule has 1 N–H and O–H groups in total. The predicted molar refractivity (Wildman–Crippen MR) is 76.9 cm³/mol. The van der Waals surface area contributed by atoms with Gasteiger partial charge in [0.05, 0.1) is 12.1 Å².